The van der Waals surface area contributed by atoms with Gasteiger partial charge in [0.1, 0.15) is 17.4 Å². The number of pyridine rings is 1. The second-order valence-electron chi connectivity index (χ2n) is 9.37. The molecule has 1 saturated heterocycles. The fraction of sp³-hybridized carbons (Fsp3) is 0.357. The normalized spacial score (nSPS) is 16.1. The minimum atomic E-state index is -1.32. The van der Waals surface area contributed by atoms with E-state index in [0.717, 1.165) is 12.3 Å². The minimum Gasteiger partial charge on any atom is -0.497 e. The Kier molecular flexibility index (Phi) is 8.19. The average molecular weight is 531 g/mol. The molecule has 1 atom stereocenters. The number of fused-ring (bicyclic) bond motifs is 1. The molecule has 38 heavy (non-hydrogen) atoms. The molecule has 4 rings (SSSR count). The number of carboxylic acids is 1. The Bertz CT molecular complexity index is 1410. The van der Waals surface area contributed by atoms with Crippen molar-refractivity contribution in [3.63, 3.8) is 0 Å². The first-order valence-electron chi connectivity index (χ1n) is 12.0. The van der Waals surface area contributed by atoms with Gasteiger partial charge in [-0.25, -0.2) is 17.6 Å². The number of carbonyl (C=O) groups is 1. The van der Waals surface area contributed by atoms with Crippen LogP contribution in [0.1, 0.15) is 42.9 Å². The fourth-order valence-electron chi connectivity index (χ4n) is 4.79. The predicted molar refractivity (Wildman–Crippen MR) is 131 cm³/mol. The number of aromatic nitrogens is 1. The van der Waals surface area contributed by atoms with Gasteiger partial charge >= 0.3 is 5.97 Å². The van der Waals surface area contributed by atoms with E-state index in [1.54, 1.807) is 18.2 Å². The fourth-order valence-corrected chi connectivity index (χ4v) is 4.79. The van der Waals surface area contributed by atoms with E-state index in [1.807, 2.05) is 4.90 Å². The van der Waals surface area contributed by atoms with Crippen LogP contribution in [0.2, 0.25) is 0 Å². The second-order valence-corrected chi connectivity index (χ2v) is 9.37. The minimum absolute atomic E-state index is 0.0176. The zero-order valence-corrected chi connectivity index (χ0v) is 20.6. The molecule has 3 aromatic rings. The molecule has 0 radical (unpaired) electrons. The number of benzene rings is 2. The zero-order valence-electron chi connectivity index (χ0n) is 20.6. The first-order valence-corrected chi connectivity index (χ1v) is 12.0. The monoisotopic (exact) mass is 530 g/mol. The highest BCUT2D eigenvalue weighted by Gasteiger charge is 2.41. The maximum Gasteiger partial charge on any atom is 0.309 e. The van der Waals surface area contributed by atoms with Crippen molar-refractivity contribution in [1.29, 1.82) is 0 Å². The van der Waals surface area contributed by atoms with Crippen molar-refractivity contribution < 1.29 is 37.3 Å². The van der Waals surface area contributed by atoms with Gasteiger partial charge in [0.2, 0.25) is 0 Å². The molecule has 0 spiro atoms. The number of halogens is 4. The third kappa shape index (κ3) is 5.74. The molecular formula is C28H26F4N2O4. The number of methoxy groups -OCH3 is 1. The molecule has 1 fully saturated rings. The van der Waals surface area contributed by atoms with E-state index < -0.39 is 40.8 Å². The van der Waals surface area contributed by atoms with Gasteiger partial charge in [-0.2, -0.15) is 0 Å². The van der Waals surface area contributed by atoms with Crippen LogP contribution < -0.4 is 4.74 Å². The van der Waals surface area contributed by atoms with E-state index in [-0.39, 0.29) is 43.4 Å². The van der Waals surface area contributed by atoms with Crippen LogP contribution >= 0.6 is 0 Å². The van der Waals surface area contributed by atoms with E-state index in [9.17, 15) is 32.6 Å². The SMILES string of the molecule is COc1ccc2ncc(F)c(C(O)CCC3(C(=O)O)CCN(CC#Cc4cc(F)cc(F)c4F)CC3)c2c1. The lowest BCUT2D eigenvalue weighted by atomic mass is 9.74. The van der Waals surface area contributed by atoms with Gasteiger partial charge in [-0.1, -0.05) is 11.8 Å². The molecule has 0 saturated carbocycles. The summed E-state index contributed by atoms with van der Waals surface area (Å²) in [6.45, 7) is 0.883. The summed E-state index contributed by atoms with van der Waals surface area (Å²) in [6, 6.07) is 6.16. The molecule has 1 aliphatic rings. The maximum atomic E-state index is 14.7. The molecular weight excluding hydrogens is 504 g/mol. The lowest BCUT2D eigenvalue weighted by molar-refractivity contribution is -0.153. The number of aliphatic carboxylic acids is 1. The Morgan fingerprint density at radius 1 is 1.16 bits per heavy atom. The Morgan fingerprint density at radius 2 is 1.89 bits per heavy atom. The maximum absolute atomic E-state index is 14.7. The van der Waals surface area contributed by atoms with Gasteiger partial charge in [0.25, 0.3) is 0 Å². The number of likely N-dealkylation sites (tertiary alicyclic amines) is 1. The molecule has 1 aromatic heterocycles. The molecule has 1 unspecified atom stereocenters. The molecule has 2 aromatic carbocycles. The van der Waals surface area contributed by atoms with Crippen LogP contribution in [0.4, 0.5) is 17.6 Å². The van der Waals surface area contributed by atoms with Crippen molar-refractivity contribution in [2.45, 2.75) is 31.8 Å². The van der Waals surface area contributed by atoms with Crippen LogP contribution in [0.3, 0.4) is 0 Å². The highest BCUT2D eigenvalue weighted by Crippen LogP contribution is 2.40. The quantitative estimate of drug-likeness (QED) is 0.259. The van der Waals surface area contributed by atoms with Crippen LogP contribution in [-0.2, 0) is 4.79 Å². The van der Waals surface area contributed by atoms with E-state index in [1.165, 1.54) is 7.11 Å². The number of nitrogens with zero attached hydrogens (tertiary/aromatic N) is 2. The Labute approximate surface area is 216 Å². The molecule has 200 valence electrons. The van der Waals surface area contributed by atoms with Crippen molar-refractivity contribution in [2.75, 3.05) is 26.7 Å². The number of aliphatic hydroxyl groups is 1. The highest BCUT2D eigenvalue weighted by atomic mass is 19.2. The van der Waals surface area contributed by atoms with Gasteiger partial charge in [0, 0.05) is 30.1 Å². The average Bonchev–Trinajstić information content (AvgIpc) is 2.90. The summed E-state index contributed by atoms with van der Waals surface area (Å²) in [7, 11) is 1.47. The van der Waals surface area contributed by atoms with Crippen LogP contribution in [-0.4, -0.2) is 52.8 Å². The topological polar surface area (TPSA) is 82.9 Å². The van der Waals surface area contributed by atoms with Gasteiger partial charge in [-0.15, -0.1) is 0 Å². The molecule has 6 nitrogen and oxygen atoms in total. The first kappa shape index (κ1) is 27.4. The van der Waals surface area contributed by atoms with Crippen LogP contribution in [0.25, 0.3) is 10.9 Å². The van der Waals surface area contributed by atoms with Crippen molar-refractivity contribution in [2.24, 2.45) is 5.41 Å². The third-order valence-corrected chi connectivity index (χ3v) is 7.08. The van der Waals surface area contributed by atoms with Crippen molar-refractivity contribution in [3.8, 4) is 17.6 Å². The van der Waals surface area contributed by atoms with Gasteiger partial charge in [0.05, 0.1) is 42.5 Å². The van der Waals surface area contributed by atoms with Gasteiger partial charge < -0.3 is 14.9 Å². The second kappa shape index (κ2) is 11.4. The summed E-state index contributed by atoms with van der Waals surface area (Å²) in [6.07, 6.45) is 0.423. The number of rotatable bonds is 7. The number of ether oxygens (including phenoxy) is 1. The van der Waals surface area contributed by atoms with E-state index >= 15 is 0 Å². The molecule has 2 N–H and O–H groups in total. The Morgan fingerprint density at radius 3 is 2.58 bits per heavy atom. The largest absolute Gasteiger partial charge is 0.497 e. The molecule has 1 aliphatic heterocycles. The van der Waals surface area contributed by atoms with Crippen molar-refractivity contribution in [1.82, 2.24) is 9.88 Å². The standard InChI is InChI=1S/C28H26F4N2O4/c1-38-19-4-5-23-20(15-19)25(22(31)16-33-23)24(35)6-7-28(27(36)37)8-11-34(12-9-28)10-2-3-17-13-18(29)14-21(30)26(17)32/h4-5,13-16,24,35H,6-12H2,1H3,(H,36,37). The van der Waals surface area contributed by atoms with Crippen LogP contribution in [0.15, 0.2) is 36.5 Å². The van der Waals surface area contributed by atoms with Gasteiger partial charge in [-0.05, 0) is 49.9 Å². The number of hydrogen-bond donors (Lipinski definition) is 2. The molecule has 0 bridgehead atoms. The van der Waals surface area contributed by atoms with Gasteiger partial charge in [0.15, 0.2) is 11.6 Å². The summed E-state index contributed by atoms with van der Waals surface area (Å²) in [5, 5.41) is 21.3. The summed E-state index contributed by atoms with van der Waals surface area (Å²) < 4.78 is 60.4. The van der Waals surface area contributed by atoms with E-state index in [2.05, 4.69) is 16.8 Å². The summed E-state index contributed by atoms with van der Waals surface area (Å²) in [5.41, 5.74) is -0.991. The van der Waals surface area contributed by atoms with E-state index in [4.69, 9.17) is 4.74 Å². The molecule has 0 amide bonds. The Hall–Kier alpha value is -3.68. The summed E-state index contributed by atoms with van der Waals surface area (Å²) >= 11 is 0. The molecule has 0 aliphatic carbocycles. The number of hydrogen-bond acceptors (Lipinski definition) is 5. The number of piperidine rings is 1. The van der Waals surface area contributed by atoms with E-state index in [0.29, 0.717) is 35.8 Å². The van der Waals surface area contributed by atoms with Crippen molar-refractivity contribution in [3.05, 3.63) is 70.9 Å². The Balaban J connectivity index is 1.42. The van der Waals surface area contributed by atoms with Crippen LogP contribution in [0, 0.1) is 40.5 Å². The van der Waals surface area contributed by atoms with Crippen LogP contribution in [0.5, 0.6) is 5.75 Å². The summed E-state index contributed by atoms with van der Waals surface area (Å²) in [4.78, 5) is 18.2. The number of aliphatic hydroxyl groups excluding tert-OH is 1. The lowest BCUT2D eigenvalue weighted by Gasteiger charge is -2.38. The highest BCUT2D eigenvalue weighted by molar-refractivity contribution is 5.84. The molecule has 10 heteroatoms. The third-order valence-electron chi connectivity index (χ3n) is 7.08. The number of carboxylic acid groups (broad SMARTS) is 1. The molecule has 2 heterocycles. The smallest absolute Gasteiger partial charge is 0.309 e. The predicted octanol–water partition coefficient (Wildman–Crippen LogP) is 4.83. The van der Waals surface area contributed by atoms with Crippen molar-refractivity contribution >= 4 is 16.9 Å². The summed E-state index contributed by atoms with van der Waals surface area (Å²) in [5.74, 6) is 0.414. The first-order chi connectivity index (χ1) is 18.1. The van der Waals surface area contributed by atoms with Gasteiger partial charge in [-0.3, -0.25) is 14.7 Å². The zero-order chi connectivity index (χ0) is 27.4. The lowest BCUT2D eigenvalue weighted by Crippen LogP contribution is -2.44.